The molecule has 1 aliphatic rings. The third kappa shape index (κ3) is 4.44. The topological polar surface area (TPSA) is 24.5 Å². The monoisotopic (exact) mass is 284 g/mol. The molecule has 3 nitrogen and oxygen atoms in total. The molecule has 0 aromatic heterocycles. The quantitative estimate of drug-likeness (QED) is 0.692. The van der Waals surface area contributed by atoms with Crippen molar-refractivity contribution in [2.75, 3.05) is 32.8 Å². The Morgan fingerprint density at radius 1 is 1.15 bits per heavy atom. The van der Waals surface area contributed by atoms with Crippen LogP contribution in [0.3, 0.4) is 0 Å². The smallest absolute Gasteiger partial charge is 0.0593 e. The minimum Gasteiger partial charge on any atom is -0.380 e. The van der Waals surface area contributed by atoms with Gasteiger partial charge in [0.25, 0.3) is 0 Å². The minimum absolute atomic E-state index is 0.273. The maximum Gasteiger partial charge on any atom is 0.0593 e. The van der Waals surface area contributed by atoms with Gasteiger partial charge >= 0.3 is 0 Å². The summed E-state index contributed by atoms with van der Waals surface area (Å²) in [5.74, 6) is 0.626. The Hall–Kier alpha value is -0.120. The van der Waals surface area contributed by atoms with E-state index in [0.717, 1.165) is 32.8 Å². The van der Waals surface area contributed by atoms with E-state index in [1.165, 1.54) is 19.3 Å². The van der Waals surface area contributed by atoms with Crippen molar-refractivity contribution < 1.29 is 4.74 Å². The molecule has 0 spiro atoms. The fourth-order valence-corrected chi connectivity index (χ4v) is 3.02. The predicted octanol–water partition coefficient (Wildman–Crippen LogP) is 3.29. The molecule has 0 radical (unpaired) electrons. The Morgan fingerprint density at radius 2 is 1.80 bits per heavy atom. The van der Waals surface area contributed by atoms with E-state index in [-0.39, 0.29) is 5.54 Å². The lowest BCUT2D eigenvalue weighted by atomic mass is 9.83. The largest absolute Gasteiger partial charge is 0.380 e. The number of ether oxygens (including phenoxy) is 1. The molecule has 1 rings (SSSR count). The van der Waals surface area contributed by atoms with Gasteiger partial charge in [-0.3, -0.25) is 4.90 Å². The van der Waals surface area contributed by atoms with Gasteiger partial charge in [-0.15, -0.1) is 0 Å². The SMILES string of the molecule is CCC1(CC)CN(CCOCC(C)C)C(C)(CC)CN1. The third-order valence-corrected chi connectivity index (χ3v) is 5.17. The van der Waals surface area contributed by atoms with Crippen LogP contribution < -0.4 is 5.32 Å². The lowest BCUT2D eigenvalue weighted by molar-refractivity contribution is -0.0143. The van der Waals surface area contributed by atoms with Crippen molar-refractivity contribution in [1.29, 1.82) is 0 Å². The molecule has 1 heterocycles. The lowest BCUT2D eigenvalue weighted by Gasteiger charge is -2.53. The molecule has 0 aromatic rings. The van der Waals surface area contributed by atoms with Crippen LogP contribution >= 0.6 is 0 Å². The summed E-state index contributed by atoms with van der Waals surface area (Å²) < 4.78 is 5.81. The molecule has 0 saturated carbocycles. The van der Waals surface area contributed by atoms with Crippen molar-refractivity contribution in [3.05, 3.63) is 0 Å². The third-order valence-electron chi connectivity index (χ3n) is 5.17. The standard InChI is InChI=1S/C17H36N2O/c1-7-16(6)13-18-17(8-2,9-3)14-19(16)10-11-20-12-15(4)5/h15,18H,7-14H2,1-6H3. The average Bonchev–Trinajstić information content (AvgIpc) is 2.45. The first-order valence-electron chi connectivity index (χ1n) is 8.49. The van der Waals surface area contributed by atoms with E-state index in [0.29, 0.717) is 11.5 Å². The van der Waals surface area contributed by atoms with Gasteiger partial charge in [-0.25, -0.2) is 0 Å². The maximum atomic E-state index is 5.81. The van der Waals surface area contributed by atoms with Gasteiger partial charge in [0.05, 0.1) is 6.61 Å². The molecule has 120 valence electrons. The van der Waals surface area contributed by atoms with Crippen molar-refractivity contribution in [2.24, 2.45) is 5.92 Å². The van der Waals surface area contributed by atoms with E-state index < -0.39 is 0 Å². The van der Waals surface area contributed by atoms with Crippen molar-refractivity contribution in [2.45, 2.75) is 71.9 Å². The van der Waals surface area contributed by atoms with E-state index >= 15 is 0 Å². The van der Waals surface area contributed by atoms with Gasteiger partial charge in [0.15, 0.2) is 0 Å². The van der Waals surface area contributed by atoms with Crippen LogP contribution in [-0.2, 0) is 4.74 Å². The molecule has 0 bridgehead atoms. The van der Waals surface area contributed by atoms with Crippen LogP contribution in [0.5, 0.6) is 0 Å². The van der Waals surface area contributed by atoms with Gasteiger partial charge in [0.1, 0.15) is 0 Å². The number of nitrogens with zero attached hydrogens (tertiary/aromatic N) is 1. The van der Waals surface area contributed by atoms with Gasteiger partial charge in [0.2, 0.25) is 0 Å². The number of piperazine rings is 1. The molecule has 1 saturated heterocycles. The van der Waals surface area contributed by atoms with Crippen LogP contribution in [0.1, 0.15) is 60.8 Å². The number of nitrogens with one attached hydrogen (secondary N) is 1. The van der Waals surface area contributed by atoms with Gasteiger partial charge in [-0.1, -0.05) is 34.6 Å². The van der Waals surface area contributed by atoms with Gasteiger partial charge in [0, 0.05) is 37.3 Å². The van der Waals surface area contributed by atoms with Crippen molar-refractivity contribution in [1.82, 2.24) is 10.2 Å². The summed E-state index contributed by atoms with van der Waals surface area (Å²) in [4.78, 5) is 2.66. The highest BCUT2D eigenvalue weighted by molar-refractivity contribution is 5.02. The van der Waals surface area contributed by atoms with E-state index in [2.05, 4.69) is 51.8 Å². The van der Waals surface area contributed by atoms with Crippen LogP contribution in [0.4, 0.5) is 0 Å². The number of hydrogen-bond acceptors (Lipinski definition) is 3. The summed E-state index contributed by atoms with van der Waals surface area (Å²) >= 11 is 0. The molecular formula is C17H36N2O. The first-order chi connectivity index (χ1) is 9.41. The second kappa shape index (κ2) is 7.77. The summed E-state index contributed by atoms with van der Waals surface area (Å²) in [6, 6.07) is 0. The first-order valence-corrected chi connectivity index (χ1v) is 8.49. The molecule has 0 amide bonds. The van der Waals surface area contributed by atoms with Crippen LogP contribution in [0.15, 0.2) is 0 Å². The zero-order valence-corrected chi connectivity index (χ0v) is 14.6. The predicted molar refractivity (Wildman–Crippen MR) is 87.2 cm³/mol. The molecular weight excluding hydrogens is 248 g/mol. The Morgan fingerprint density at radius 3 is 2.30 bits per heavy atom. The summed E-state index contributed by atoms with van der Waals surface area (Å²) in [6.45, 7) is 18.7. The van der Waals surface area contributed by atoms with E-state index in [1.807, 2.05) is 0 Å². The van der Waals surface area contributed by atoms with Crippen molar-refractivity contribution in [3.63, 3.8) is 0 Å². The van der Waals surface area contributed by atoms with E-state index in [4.69, 9.17) is 4.74 Å². The van der Waals surface area contributed by atoms with Gasteiger partial charge < -0.3 is 10.1 Å². The number of rotatable bonds is 8. The van der Waals surface area contributed by atoms with Crippen molar-refractivity contribution in [3.8, 4) is 0 Å². The minimum atomic E-state index is 0.273. The van der Waals surface area contributed by atoms with Crippen LogP contribution in [0.25, 0.3) is 0 Å². The zero-order chi connectivity index (χ0) is 15.2. The fraction of sp³-hybridized carbons (Fsp3) is 1.00. The molecule has 20 heavy (non-hydrogen) atoms. The molecule has 0 aliphatic carbocycles. The summed E-state index contributed by atoms with van der Waals surface area (Å²) in [7, 11) is 0. The second-order valence-electron chi connectivity index (χ2n) is 7.08. The van der Waals surface area contributed by atoms with Crippen LogP contribution in [0.2, 0.25) is 0 Å². The first kappa shape index (κ1) is 17.9. The number of hydrogen-bond donors (Lipinski definition) is 1. The normalized spacial score (nSPS) is 27.1. The Labute approximate surface area is 126 Å². The highest BCUT2D eigenvalue weighted by Crippen LogP contribution is 2.30. The molecule has 3 heteroatoms. The average molecular weight is 284 g/mol. The fourth-order valence-electron chi connectivity index (χ4n) is 3.02. The molecule has 1 unspecified atom stereocenters. The molecule has 1 aliphatic heterocycles. The Kier molecular flexibility index (Phi) is 6.96. The van der Waals surface area contributed by atoms with Crippen molar-refractivity contribution >= 4 is 0 Å². The highest BCUT2D eigenvalue weighted by Gasteiger charge is 2.42. The Balaban J connectivity index is 2.60. The molecule has 1 fully saturated rings. The summed E-state index contributed by atoms with van der Waals surface area (Å²) in [5, 5.41) is 3.83. The van der Waals surface area contributed by atoms with Gasteiger partial charge in [-0.05, 0) is 32.1 Å². The highest BCUT2D eigenvalue weighted by atomic mass is 16.5. The summed E-state index contributed by atoms with van der Waals surface area (Å²) in [5.41, 5.74) is 0.571. The zero-order valence-electron chi connectivity index (χ0n) is 14.6. The van der Waals surface area contributed by atoms with E-state index in [9.17, 15) is 0 Å². The molecule has 1 N–H and O–H groups in total. The van der Waals surface area contributed by atoms with Crippen LogP contribution in [-0.4, -0.2) is 48.8 Å². The van der Waals surface area contributed by atoms with E-state index in [1.54, 1.807) is 0 Å². The lowest BCUT2D eigenvalue weighted by Crippen LogP contribution is -2.69. The van der Waals surface area contributed by atoms with Crippen LogP contribution in [0, 0.1) is 5.92 Å². The second-order valence-corrected chi connectivity index (χ2v) is 7.08. The maximum absolute atomic E-state index is 5.81. The van der Waals surface area contributed by atoms with Gasteiger partial charge in [-0.2, -0.15) is 0 Å². The summed E-state index contributed by atoms with van der Waals surface area (Å²) in [6.07, 6.45) is 3.59. The molecule has 1 atom stereocenters. The Bertz CT molecular complexity index is 276. The molecule has 0 aromatic carbocycles.